The van der Waals surface area contributed by atoms with Crippen molar-refractivity contribution in [2.24, 2.45) is 5.16 Å². The first-order valence-electron chi connectivity index (χ1n) is 10.8. The Morgan fingerprint density at radius 1 is 1.06 bits per heavy atom. The molecule has 0 unspecified atom stereocenters. The number of β-amino-alcohol motifs (C(OH)–C–C–N with tert-alkyl or cyclic N) is 1. The number of ether oxygens (including phenoxy) is 1. The van der Waals surface area contributed by atoms with Crippen molar-refractivity contribution in [3.63, 3.8) is 0 Å². The third kappa shape index (κ3) is 4.86. The minimum atomic E-state index is -4.84. The number of rotatable bonds is 3. The van der Waals surface area contributed by atoms with E-state index in [0.717, 1.165) is 12.1 Å². The van der Waals surface area contributed by atoms with Gasteiger partial charge in [0.25, 0.3) is 5.60 Å². The second kappa shape index (κ2) is 8.97. The topological polar surface area (TPSA) is 71.4 Å². The number of likely N-dealkylation sites (tertiary alicyclic amines) is 1. The highest BCUT2D eigenvalue weighted by Crippen LogP contribution is 2.50. The van der Waals surface area contributed by atoms with Crippen molar-refractivity contribution in [2.45, 2.75) is 50.2 Å². The maximum atomic E-state index is 14.2. The van der Waals surface area contributed by atoms with Crippen molar-refractivity contribution in [2.75, 3.05) is 13.1 Å². The molecule has 0 saturated carbocycles. The van der Waals surface area contributed by atoms with E-state index in [0.29, 0.717) is 11.1 Å². The summed E-state index contributed by atoms with van der Waals surface area (Å²) in [5, 5.41) is 14.3. The van der Waals surface area contributed by atoms with Crippen molar-refractivity contribution in [3.8, 4) is 0 Å². The number of hydrogen-bond acceptors (Lipinski definition) is 5. The highest BCUT2D eigenvalue weighted by molar-refractivity contribution is 6.48. The molecule has 6 nitrogen and oxygen atoms in total. The summed E-state index contributed by atoms with van der Waals surface area (Å²) in [6.45, 7) is 5.29. The lowest BCUT2D eigenvalue weighted by Gasteiger charge is -2.46. The fraction of sp³-hybridized carbons (Fsp3) is 0.417. The second-order valence-corrected chi connectivity index (χ2v) is 11.0. The monoisotopic (exact) mass is 564 g/mol. The van der Waals surface area contributed by atoms with Crippen LogP contribution in [0.4, 0.5) is 18.0 Å². The predicted molar refractivity (Wildman–Crippen MR) is 130 cm³/mol. The van der Waals surface area contributed by atoms with E-state index >= 15 is 0 Å². The molecule has 0 spiro atoms. The number of amides is 1. The molecular weight excluding hydrogens is 544 g/mol. The first-order chi connectivity index (χ1) is 16.5. The van der Waals surface area contributed by atoms with Gasteiger partial charge in [-0.05, 0) is 44.0 Å². The van der Waals surface area contributed by atoms with Crippen LogP contribution in [0.2, 0.25) is 15.1 Å². The molecule has 2 aliphatic heterocycles. The maximum Gasteiger partial charge on any atom is 0.435 e. The molecule has 0 aromatic heterocycles. The molecule has 36 heavy (non-hydrogen) atoms. The zero-order chi connectivity index (χ0) is 26.7. The molecule has 1 atom stereocenters. The van der Waals surface area contributed by atoms with E-state index in [1.807, 2.05) is 0 Å². The van der Waals surface area contributed by atoms with Gasteiger partial charge in [0, 0.05) is 12.0 Å². The summed E-state index contributed by atoms with van der Waals surface area (Å²) in [5.41, 5.74) is -4.14. The lowest BCUT2D eigenvalue weighted by molar-refractivity contribution is -0.275. The second-order valence-electron chi connectivity index (χ2n) is 9.83. The normalized spacial score (nSPS) is 21.5. The van der Waals surface area contributed by atoms with Gasteiger partial charge in [-0.1, -0.05) is 64.2 Å². The Kier molecular flexibility index (Phi) is 6.69. The van der Waals surface area contributed by atoms with Gasteiger partial charge >= 0.3 is 12.3 Å². The van der Waals surface area contributed by atoms with E-state index < -0.39 is 35.5 Å². The number of oxime groups is 1. The summed E-state index contributed by atoms with van der Waals surface area (Å²) in [7, 11) is 0. The Balaban J connectivity index is 1.52. The number of benzene rings is 2. The van der Waals surface area contributed by atoms with Gasteiger partial charge in [-0.25, -0.2) is 4.79 Å². The first-order valence-corrected chi connectivity index (χ1v) is 12.0. The number of carbonyl (C=O) groups is 1. The van der Waals surface area contributed by atoms with E-state index in [4.69, 9.17) is 44.4 Å². The molecule has 0 aliphatic carbocycles. The summed E-state index contributed by atoms with van der Waals surface area (Å²) in [4.78, 5) is 18.5. The van der Waals surface area contributed by atoms with Crippen LogP contribution in [0.3, 0.4) is 0 Å². The van der Waals surface area contributed by atoms with Crippen molar-refractivity contribution in [1.82, 2.24) is 4.90 Å². The predicted octanol–water partition coefficient (Wildman–Crippen LogP) is 6.67. The molecule has 1 N–H and O–H groups in total. The van der Waals surface area contributed by atoms with Gasteiger partial charge in [0.1, 0.15) is 11.2 Å². The maximum absolute atomic E-state index is 14.2. The number of nitrogens with zero attached hydrogens (tertiary/aromatic N) is 2. The molecule has 1 fully saturated rings. The smallest absolute Gasteiger partial charge is 0.435 e. The minimum Gasteiger partial charge on any atom is -0.444 e. The quantitative estimate of drug-likeness (QED) is 0.422. The van der Waals surface area contributed by atoms with E-state index in [1.165, 1.54) is 4.90 Å². The Morgan fingerprint density at radius 3 is 2.11 bits per heavy atom. The molecule has 2 aromatic rings. The van der Waals surface area contributed by atoms with Gasteiger partial charge in [0.15, 0.2) is 0 Å². The zero-order valence-corrected chi connectivity index (χ0v) is 21.7. The van der Waals surface area contributed by atoms with E-state index in [9.17, 15) is 23.1 Å². The van der Waals surface area contributed by atoms with Crippen LogP contribution in [0.5, 0.6) is 0 Å². The van der Waals surface area contributed by atoms with Crippen molar-refractivity contribution in [3.05, 3.63) is 68.2 Å². The van der Waals surface area contributed by atoms with E-state index in [-0.39, 0.29) is 39.4 Å². The largest absolute Gasteiger partial charge is 0.444 e. The minimum absolute atomic E-state index is 0.0284. The average molecular weight is 566 g/mol. The van der Waals surface area contributed by atoms with Crippen LogP contribution in [-0.2, 0) is 20.8 Å². The Morgan fingerprint density at radius 2 is 1.61 bits per heavy atom. The molecule has 12 heteroatoms. The van der Waals surface area contributed by atoms with Gasteiger partial charge in [0.05, 0.1) is 33.9 Å². The van der Waals surface area contributed by atoms with Gasteiger partial charge in [-0.3, -0.25) is 0 Å². The lowest BCUT2D eigenvalue weighted by Crippen LogP contribution is -2.61. The Bertz CT molecular complexity index is 1200. The standard InChI is InChI=1S/C24H22Cl3F3N2O4/c1-21(2,3)35-20(33)32-11-22(34,12-32)14-6-4-13(5-7-14)18-10-23(36-31-18,24(28,29)30)15-8-16(25)19(27)17(26)9-15/h4-9,34H,10-12H2,1-3H3/t23-/m1/s1. The van der Waals surface area contributed by atoms with Gasteiger partial charge in [-0.15, -0.1) is 0 Å². The van der Waals surface area contributed by atoms with Crippen LogP contribution in [-0.4, -0.2) is 46.7 Å². The highest BCUT2D eigenvalue weighted by atomic mass is 35.5. The Hall–Kier alpha value is -2.20. The van der Waals surface area contributed by atoms with E-state index in [2.05, 4.69) is 5.16 Å². The van der Waals surface area contributed by atoms with Crippen LogP contribution < -0.4 is 0 Å². The average Bonchev–Trinajstić information content (AvgIpc) is 3.21. The lowest BCUT2D eigenvalue weighted by atomic mass is 9.84. The molecule has 194 valence electrons. The fourth-order valence-corrected chi connectivity index (χ4v) is 4.64. The fourth-order valence-electron chi connectivity index (χ4n) is 4.04. The molecule has 1 amide bonds. The highest BCUT2D eigenvalue weighted by Gasteiger charge is 2.62. The van der Waals surface area contributed by atoms with Crippen LogP contribution in [0.1, 0.15) is 43.9 Å². The number of alkyl halides is 3. The van der Waals surface area contributed by atoms with Crippen molar-refractivity contribution >= 4 is 46.6 Å². The third-order valence-electron chi connectivity index (χ3n) is 5.95. The van der Waals surface area contributed by atoms with Gasteiger partial charge < -0.3 is 19.6 Å². The number of carbonyl (C=O) groups excluding carboxylic acids is 1. The molecule has 4 rings (SSSR count). The summed E-state index contributed by atoms with van der Waals surface area (Å²) in [5.74, 6) is 0. The molecule has 1 saturated heterocycles. The summed E-state index contributed by atoms with van der Waals surface area (Å²) in [6.07, 6.45) is -6.00. The van der Waals surface area contributed by atoms with Crippen molar-refractivity contribution < 1.29 is 32.6 Å². The van der Waals surface area contributed by atoms with Crippen molar-refractivity contribution in [1.29, 1.82) is 0 Å². The molecule has 0 radical (unpaired) electrons. The van der Waals surface area contributed by atoms with Crippen LogP contribution in [0, 0.1) is 0 Å². The number of hydrogen-bond donors (Lipinski definition) is 1. The summed E-state index contributed by atoms with van der Waals surface area (Å²) < 4.78 is 48.0. The third-order valence-corrected chi connectivity index (χ3v) is 7.14. The SMILES string of the molecule is CC(C)(C)OC(=O)N1CC(O)(c2ccc(C3=NO[C@](c4cc(Cl)c(Cl)c(Cl)c4)(C(F)(F)F)C3)cc2)C1. The number of halogens is 6. The summed E-state index contributed by atoms with van der Waals surface area (Å²) in [6, 6.07) is 8.36. The Labute approximate surface area is 220 Å². The number of aliphatic hydroxyl groups is 1. The van der Waals surface area contributed by atoms with Gasteiger partial charge in [0.2, 0.25) is 0 Å². The zero-order valence-electron chi connectivity index (χ0n) is 19.4. The molecule has 0 bridgehead atoms. The van der Waals surface area contributed by atoms with Gasteiger partial charge in [-0.2, -0.15) is 13.2 Å². The molecular formula is C24H22Cl3F3N2O4. The van der Waals surface area contributed by atoms with E-state index in [1.54, 1.807) is 45.0 Å². The van der Waals surface area contributed by atoms with Crippen LogP contribution in [0.25, 0.3) is 0 Å². The summed E-state index contributed by atoms with van der Waals surface area (Å²) >= 11 is 17.8. The first kappa shape index (κ1) is 26.9. The van der Waals surface area contributed by atoms with Crippen LogP contribution in [0.15, 0.2) is 41.6 Å². The molecule has 2 aromatic carbocycles. The molecule has 2 heterocycles. The van der Waals surface area contributed by atoms with Crippen LogP contribution >= 0.6 is 34.8 Å². The molecule has 2 aliphatic rings.